The van der Waals surface area contributed by atoms with Gasteiger partial charge in [-0.3, -0.25) is 0 Å². The van der Waals surface area contributed by atoms with E-state index in [9.17, 15) is 4.79 Å². The van der Waals surface area contributed by atoms with Crippen LogP contribution in [0.1, 0.15) is 38.8 Å². The number of hydrogen-bond donors (Lipinski definition) is 2. The molecule has 0 atom stereocenters. The number of piperidine rings is 1. The SMILES string of the molecule is COc1ccc2c(c1)NC1(CCN(C(=O)NCCC(C)C)CC1)c1cccn1-2. The van der Waals surface area contributed by atoms with Gasteiger partial charge in [0.25, 0.3) is 0 Å². The molecular weight excluding hydrogens is 352 g/mol. The summed E-state index contributed by atoms with van der Waals surface area (Å²) in [6, 6.07) is 10.5. The zero-order valence-corrected chi connectivity index (χ0v) is 17.0. The third-order valence-corrected chi connectivity index (χ3v) is 5.98. The highest BCUT2D eigenvalue weighted by Gasteiger charge is 2.42. The van der Waals surface area contributed by atoms with Crippen molar-refractivity contribution in [1.29, 1.82) is 0 Å². The zero-order chi connectivity index (χ0) is 19.7. The lowest BCUT2D eigenvalue weighted by Crippen LogP contribution is -2.53. The number of hydrogen-bond acceptors (Lipinski definition) is 3. The number of amides is 2. The molecule has 0 radical (unpaired) electrons. The highest BCUT2D eigenvalue weighted by molar-refractivity contribution is 5.74. The van der Waals surface area contributed by atoms with E-state index in [1.165, 1.54) is 5.69 Å². The summed E-state index contributed by atoms with van der Waals surface area (Å²) < 4.78 is 7.69. The molecule has 1 spiro atoms. The number of rotatable bonds is 4. The van der Waals surface area contributed by atoms with E-state index < -0.39 is 0 Å². The molecule has 6 nitrogen and oxygen atoms in total. The molecule has 2 N–H and O–H groups in total. The van der Waals surface area contributed by atoms with E-state index in [1.807, 2.05) is 11.0 Å². The van der Waals surface area contributed by atoms with Crippen molar-refractivity contribution >= 4 is 11.7 Å². The Kier molecular flexibility index (Phi) is 4.96. The standard InChI is InChI=1S/C22H30N4O2/c1-16(2)8-11-23-21(27)25-13-9-22(10-14-25)20-5-4-12-26(20)19-7-6-17(28-3)15-18(19)24-22/h4-7,12,15-16,24H,8-11,13-14H2,1-3H3,(H,23,27). The van der Waals surface area contributed by atoms with Gasteiger partial charge < -0.3 is 24.8 Å². The molecule has 4 rings (SSSR count). The van der Waals surface area contributed by atoms with Crippen molar-refractivity contribution in [3.05, 3.63) is 42.2 Å². The average Bonchev–Trinajstić information content (AvgIpc) is 3.19. The summed E-state index contributed by atoms with van der Waals surface area (Å²) in [6.45, 7) is 6.57. The number of carbonyl (C=O) groups excluding carboxylic acids is 1. The molecule has 0 aliphatic carbocycles. The Hall–Kier alpha value is -2.63. The van der Waals surface area contributed by atoms with Crippen LogP contribution in [-0.2, 0) is 5.54 Å². The number of benzene rings is 1. The van der Waals surface area contributed by atoms with Crippen LogP contribution in [-0.4, -0.2) is 42.2 Å². The third-order valence-electron chi connectivity index (χ3n) is 5.98. The minimum absolute atomic E-state index is 0.0590. The molecule has 1 fully saturated rings. The predicted molar refractivity (Wildman–Crippen MR) is 111 cm³/mol. The first-order valence-corrected chi connectivity index (χ1v) is 10.2. The highest BCUT2D eigenvalue weighted by atomic mass is 16.5. The fraction of sp³-hybridized carbons (Fsp3) is 0.500. The molecule has 150 valence electrons. The Morgan fingerprint density at radius 2 is 2.07 bits per heavy atom. The molecule has 1 saturated heterocycles. The van der Waals surface area contributed by atoms with Gasteiger partial charge in [-0.1, -0.05) is 13.8 Å². The number of ether oxygens (including phenoxy) is 1. The van der Waals surface area contributed by atoms with E-state index in [0.29, 0.717) is 5.92 Å². The van der Waals surface area contributed by atoms with Crippen LogP contribution in [0.25, 0.3) is 5.69 Å². The average molecular weight is 383 g/mol. The summed E-state index contributed by atoms with van der Waals surface area (Å²) >= 11 is 0. The van der Waals surface area contributed by atoms with Crippen molar-refractivity contribution in [2.24, 2.45) is 5.92 Å². The molecule has 28 heavy (non-hydrogen) atoms. The third kappa shape index (κ3) is 3.32. The van der Waals surface area contributed by atoms with E-state index in [4.69, 9.17) is 4.74 Å². The van der Waals surface area contributed by atoms with Gasteiger partial charge in [-0.15, -0.1) is 0 Å². The molecule has 2 aliphatic heterocycles. The first kappa shape index (κ1) is 18.7. The van der Waals surface area contributed by atoms with Crippen molar-refractivity contribution in [3.63, 3.8) is 0 Å². The Labute approximate surface area is 166 Å². The van der Waals surface area contributed by atoms with Crippen LogP contribution in [0.4, 0.5) is 10.5 Å². The molecule has 2 aromatic rings. The van der Waals surface area contributed by atoms with Crippen molar-refractivity contribution in [1.82, 2.24) is 14.8 Å². The van der Waals surface area contributed by atoms with Gasteiger partial charge in [0.2, 0.25) is 0 Å². The normalized spacial score (nSPS) is 17.1. The van der Waals surface area contributed by atoms with Gasteiger partial charge in [0.1, 0.15) is 5.75 Å². The number of nitrogens with zero attached hydrogens (tertiary/aromatic N) is 2. The van der Waals surface area contributed by atoms with Gasteiger partial charge in [0.05, 0.1) is 24.0 Å². The number of methoxy groups -OCH3 is 1. The number of nitrogens with one attached hydrogen (secondary N) is 2. The van der Waals surface area contributed by atoms with Gasteiger partial charge in [0, 0.05) is 37.6 Å². The van der Waals surface area contributed by atoms with Crippen LogP contribution in [0.3, 0.4) is 0 Å². The van der Waals surface area contributed by atoms with E-state index in [1.54, 1.807) is 7.11 Å². The van der Waals surface area contributed by atoms with Crippen LogP contribution in [0.2, 0.25) is 0 Å². The molecular formula is C22H30N4O2. The summed E-state index contributed by atoms with van der Waals surface area (Å²) in [6.07, 6.45) is 4.89. The maximum atomic E-state index is 12.5. The molecule has 0 bridgehead atoms. The minimum Gasteiger partial charge on any atom is -0.497 e. The molecule has 0 saturated carbocycles. The summed E-state index contributed by atoms with van der Waals surface area (Å²) in [5.41, 5.74) is 3.33. The molecule has 1 aromatic heterocycles. The Balaban J connectivity index is 1.50. The molecule has 0 unspecified atom stereocenters. The predicted octanol–water partition coefficient (Wildman–Crippen LogP) is 3.96. The van der Waals surface area contributed by atoms with Gasteiger partial charge in [0.15, 0.2) is 0 Å². The summed E-state index contributed by atoms with van der Waals surface area (Å²) in [5.74, 6) is 1.44. The fourth-order valence-electron chi connectivity index (χ4n) is 4.31. The first-order chi connectivity index (χ1) is 13.5. The highest BCUT2D eigenvalue weighted by Crippen LogP contribution is 2.44. The largest absolute Gasteiger partial charge is 0.497 e. The van der Waals surface area contributed by atoms with Crippen molar-refractivity contribution in [2.75, 3.05) is 32.1 Å². The number of carbonyl (C=O) groups is 1. The summed E-state index contributed by atoms with van der Waals surface area (Å²) in [4.78, 5) is 14.4. The number of aromatic nitrogens is 1. The first-order valence-electron chi connectivity index (χ1n) is 10.2. The minimum atomic E-state index is -0.155. The summed E-state index contributed by atoms with van der Waals surface area (Å²) in [5, 5.41) is 6.85. The number of likely N-dealkylation sites (tertiary alicyclic amines) is 1. The van der Waals surface area contributed by atoms with Crippen LogP contribution < -0.4 is 15.4 Å². The van der Waals surface area contributed by atoms with Crippen molar-refractivity contribution < 1.29 is 9.53 Å². The maximum absolute atomic E-state index is 12.5. The van der Waals surface area contributed by atoms with Crippen LogP contribution in [0.15, 0.2) is 36.5 Å². The lowest BCUT2D eigenvalue weighted by Gasteiger charge is -2.46. The quantitative estimate of drug-likeness (QED) is 0.842. The number of anilines is 1. The molecule has 2 amide bonds. The molecule has 6 heteroatoms. The second kappa shape index (κ2) is 7.41. The molecule has 1 aromatic carbocycles. The Morgan fingerprint density at radius 3 is 2.79 bits per heavy atom. The topological polar surface area (TPSA) is 58.5 Å². The Bertz CT molecular complexity index is 850. The smallest absolute Gasteiger partial charge is 0.317 e. The van der Waals surface area contributed by atoms with Crippen molar-refractivity contribution in [3.8, 4) is 11.4 Å². The van der Waals surface area contributed by atoms with Crippen molar-refractivity contribution in [2.45, 2.75) is 38.6 Å². The van der Waals surface area contributed by atoms with E-state index in [-0.39, 0.29) is 11.6 Å². The van der Waals surface area contributed by atoms with E-state index >= 15 is 0 Å². The van der Waals surface area contributed by atoms with Gasteiger partial charge >= 0.3 is 6.03 Å². The molecule has 2 aliphatic rings. The van der Waals surface area contributed by atoms with Crippen LogP contribution >= 0.6 is 0 Å². The van der Waals surface area contributed by atoms with Crippen LogP contribution in [0, 0.1) is 5.92 Å². The van der Waals surface area contributed by atoms with Gasteiger partial charge in [-0.05, 0) is 49.4 Å². The number of fused-ring (bicyclic) bond motifs is 4. The zero-order valence-electron chi connectivity index (χ0n) is 17.0. The molecule has 3 heterocycles. The Morgan fingerprint density at radius 1 is 1.29 bits per heavy atom. The lowest BCUT2D eigenvalue weighted by atomic mass is 9.82. The second-order valence-corrected chi connectivity index (χ2v) is 8.26. The number of urea groups is 1. The van der Waals surface area contributed by atoms with Gasteiger partial charge in [-0.2, -0.15) is 0 Å². The fourth-order valence-corrected chi connectivity index (χ4v) is 4.31. The monoisotopic (exact) mass is 382 g/mol. The van der Waals surface area contributed by atoms with Crippen LogP contribution in [0.5, 0.6) is 5.75 Å². The van der Waals surface area contributed by atoms with Gasteiger partial charge in [-0.25, -0.2) is 4.79 Å². The summed E-state index contributed by atoms with van der Waals surface area (Å²) in [7, 11) is 1.69. The van der Waals surface area contributed by atoms with E-state index in [2.05, 4.69) is 59.5 Å². The maximum Gasteiger partial charge on any atom is 0.317 e. The van der Waals surface area contributed by atoms with E-state index in [0.717, 1.165) is 56.0 Å². The second-order valence-electron chi connectivity index (χ2n) is 8.26. The lowest BCUT2D eigenvalue weighted by molar-refractivity contribution is 0.162.